The molecule has 1 amide bonds. The van der Waals surface area contributed by atoms with Crippen LogP contribution in [0.15, 0.2) is 9.95 Å². The Kier molecular flexibility index (Phi) is 5.84. The average Bonchev–Trinajstić information content (AvgIpc) is 3.16. The number of nitrogens with zero attached hydrogens (tertiary/aromatic N) is 3. The monoisotopic (exact) mass is 379 g/mol. The molecule has 0 atom stereocenters. The van der Waals surface area contributed by atoms with Crippen molar-refractivity contribution >= 4 is 39.2 Å². The van der Waals surface area contributed by atoms with E-state index >= 15 is 0 Å². The average molecular weight is 380 g/mol. The summed E-state index contributed by atoms with van der Waals surface area (Å²) in [6.07, 6.45) is 5.10. The van der Waals surface area contributed by atoms with Crippen LogP contribution in [0, 0.1) is 0 Å². The fraction of sp³-hybridized carbons (Fsp3) is 0.611. The summed E-state index contributed by atoms with van der Waals surface area (Å²) in [6, 6.07) is 0. The molecule has 25 heavy (non-hydrogen) atoms. The molecule has 0 saturated heterocycles. The largest absolute Gasteiger partial charge is 0.342 e. The van der Waals surface area contributed by atoms with Crippen LogP contribution < -0.4 is 5.56 Å². The third kappa shape index (κ3) is 3.62. The first-order valence-corrected chi connectivity index (χ1v) is 10.8. The SMILES string of the molecule is CCCN(CCC)C(=O)CSc1nc2sc3c(c2c(=O)n1C)CCC3. The van der Waals surface area contributed by atoms with Crippen LogP contribution in [0.25, 0.3) is 10.2 Å². The maximum atomic E-state index is 12.8. The molecule has 0 spiro atoms. The van der Waals surface area contributed by atoms with Crippen LogP contribution in [-0.2, 0) is 24.7 Å². The molecule has 2 aromatic rings. The molecule has 5 nitrogen and oxygen atoms in total. The van der Waals surface area contributed by atoms with E-state index in [2.05, 4.69) is 13.8 Å². The molecule has 0 N–H and O–H groups in total. The number of carbonyl (C=O) groups excluding carboxylic acids is 1. The van der Waals surface area contributed by atoms with Crippen molar-refractivity contribution in [3.63, 3.8) is 0 Å². The molecule has 0 unspecified atom stereocenters. The number of hydrogen-bond donors (Lipinski definition) is 0. The second-order valence-corrected chi connectivity index (χ2v) is 8.49. The van der Waals surface area contributed by atoms with Gasteiger partial charge in [0.1, 0.15) is 4.83 Å². The summed E-state index contributed by atoms with van der Waals surface area (Å²) in [7, 11) is 1.76. The summed E-state index contributed by atoms with van der Waals surface area (Å²) in [4.78, 5) is 34.0. The van der Waals surface area contributed by atoms with E-state index < -0.39 is 0 Å². The van der Waals surface area contributed by atoms with Gasteiger partial charge in [-0.15, -0.1) is 11.3 Å². The maximum absolute atomic E-state index is 12.8. The van der Waals surface area contributed by atoms with Gasteiger partial charge in [-0.2, -0.15) is 0 Å². The fourth-order valence-electron chi connectivity index (χ4n) is 3.35. The van der Waals surface area contributed by atoms with E-state index in [0.29, 0.717) is 10.9 Å². The van der Waals surface area contributed by atoms with Crippen LogP contribution in [0.1, 0.15) is 43.6 Å². The van der Waals surface area contributed by atoms with Crippen LogP contribution in [0.3, 0.4) is 0 Å². The molecule has 0 bridgehead atoms. The minimum atomic E-state index is 0.0262. The predicted molar refractivity (Wildman–Crippen MR) is 105 cm³/mol. The van der Waals surface area contributed by atoms with E-state index in [1.165, 1.54) is 22.2 Å². The van der Waals surface area contributed by atoms with Gasteiger partial charge < -0.3 is 4.90 Å². The third-order valence-corrected chi connectivity index (χ3v) is 6.77. The van der Waals surface area contributed by atoms with Gasteiger partial charge in [-0.25, -0.2) is 4.98 Å². The lowest BCUT2D eigenvalue weighted by Crippen LogP contribution is -2.34. The summed E-state index contributed by atoms with van der Waals surface area (Å²) < 4.78 is 1.61. The van der Waals surface area contributed by atoms with E-state index in [0.717, 1.165) is 55.4 Å². The summed E-state index contributed by atoms with van der Waals surface area (Å²) in [6.45, 7) is 5.74. The van der Waals surface area contributed by atoms with Crippen molar-refractivity contribution in [2.45, 2.75) is 51.1 Å². The molecule has 0 fully saturated rings. The van der Waals surface area contributed by atoms with Crippen LogP contribution in [0.5, 0.6) is 0 Å². The van der Waals surface area contributed by atoms with E-state index in [1.807, 2.05) is 4.90 Å². The number of carbonyl (C=O) groups is 1. The molecular formula is C18H25N3O2S2. The smallest absolute Gasteiger partial charge is 0.262 e. The lowest BCUT2D eigenvalue weighted by Gasteiger charge is -2.21. The topological polar surface area (TPSA) is 55.2 Å². The Labute approximate surface area is 156 Å². The Balaban J connectivity index is 1.81. The highest BCUT2D eigenvalue weighted by atomic mass is 32.2. The Hall–Kier alpha value is -1.34. The number of hydrogen-bond acceptors (Lipinski definition) is 5. The highest BCUT2D eigenvalue weighted by Crippen LogP contribution is 2.35. The van der Waals surface area contributed by atoms with Crippen LogP contribution >= 0.6 is 23.1 Å². The van der Waals surface area contributed by atoms with Crippen molar-refractivity contribution in [2.24, 2.45) is 7.05 Å². The molecule has 1 aliphatic rings. The van der Waals surface area contributed by atoms with Gasteiger partial charge in [0.2, 0.25) is 5.91 Å². The number of fused-ring (bicyclic) bond motifs is 3. The van der Waals surface area contributed by atoms with Crippen molar-refractivity contribution in [1.82, 2.24) is 14.5 Å². The summed E-state index contributed by atoms with van der Waals surface area (Å²) >= 11 is 3.02. The molecule has 0 aromatic carbocycles. The zero-order valence-corrected chi connectivity index (χ0v) is 16.8. The number of amides is 1. The number of aromatic nitrogens is 2. The highest BCUT2D eigenvalue weighted by molar-refractivity contribution is 7.99. The Morgan fingerprint density at radius 1 is 1.28 bits per heavy atom. The summed E-state index contributed by atoms with van der Waals surface area (Å²) in [5.74, 6) is 0.452. The molecule has 136 valence electrons. The first-order valence-electron chi connectivity index (χ1n) is 8.98. The van der Waals surface area contributed by atoms with Crippen LogP contribution in [0.2, 0.25) is 0 Å². The lowest BCUT2D eigenvalue weighted by atomic mass is 10.2. The molecule has 2 aromatic heterocycles. The van der Waals surface area contributed by atoms with E-state index in [1.54, 1.807) is 23.0 Å². The molecule has 2 heterocycles. The summed E-state index contributed by atoms with van der Waals surface area (Å²) in [5, 5.41) is 1.44. The van der Waals surface area contributed by atoms with Crippen molar-refractivity contribution in [3.8, 4) is 0 Å². The quantitative estimate of drug-likeness (QED) is 0.547. The van der Waals surface area contributed by atoms with Crippen molar-refractivity contribution in [2.75, 3.05) is 18.8 Å². The second-order valence-electron chi connectivity index (χ2n) is 6.47. The highest BCUT2D eigenvalue weighted by Gasteiger charge is 2.23. The van der Waals surface area contributed by atoms with Gasteiger partial charge in [-0.3, -0.25) is 14.2 Å². The van der Waals surface area contributed by atoms with Gasteiger partial charge in [0.05, 0.1) is 11.1 Å². The Morgan fingerprint density at radius 3 is 2.68 bits per heavy atom. The first kappa shape index (κ1) is 18.5. The van der Waals surface area contributed by atoms with Crippen LogP contribution in [0.4, 0.5) is 0 Å². The van der Waals surface area contributed by atoms with E-state index in [4.69, 9.17) is 4.98 Å². The molecule has 0 radical (unpaired) electrons. The van der Waals surface area contributed by atoms with Crippen molar-refractivity contribution < 1.29 is 4.79 Å². The second kappa shape index (κ2) is 7.91. The first-order chi connectivity index (χ1) is 12.1. The minimum Gasteiger partial charge on any atom is -0.342 e. The van der Waals surface area contributed by atoms with E-state index in [9.17, 15) is 9.59 Å². The van der Waals surface area contributed by atoms with Gasteiger partial charge in [0.15, 0.2) is 5.16 Å². The number of thioether (sulfide) groups is 1. The zero-order valence-electron chi connectivity index (χ0n) is 15.1. The van der Waals surface area contributed by atoms with Gasteiger partial charge in [-0.05, 0) is 37.7 Å². The molecular weight excluding hydrogens is 354 g/mol. The van der Waals surface area contributed by atoms with Gasteiger partial charge in [0.25, 0.3) is 5.56 Å². The zero-order chi connectivity index (χ0) is 18.0. The lowest BCUT2D eigenvalue weighted by molar-refractivity contribution is -0.128. The van der Waals surface area contributed by atoms with Crippen LogP contribution in [-0.4, -0.2) is 39.2 Å². The Morgan fingerprint density at radius 2 is 2.00 bits per heavy atom. The van der Waals surface area contributed by atoms with Gasteiger partial charge in [0, 0.05) is 25.0 Å². The van der Waals surface area contributed by atoms with Crippen molar-refractivity contribution in [3.05, 3.63) is 20.8 Å². The molecule has 3 rings (SSSR count). The van der Waals surface area contributed by atoms with E-state index in [-0.39, 0.29) is 11.5 Å². The molecule has 7 heteroatoms. The minimum absolute atomic E-state index is 0.0262. The van der Waals surface area contributed by atoms with Crippen molar-refractivity contribution in [1.29, 1.82) is 0 Å². The Bertz CT molecular complexity index is 835. The number of aryl methyl sites for hydroxylation is 2. The normalized spacial score (nSPS) is 13.4. The standard InChI is InChI=1S/C18H25N3O2S2/c1-4-9-21(10-5-2)14(22)11-24-18-19-16-15(17(23)20(18)3)12-7-6-8-13(12)25-16/h4-11H2,1-3H3. The third-order valence-electron chi connectivity index (χ3n) is 4.57. The molecule has 0 saturated carbocycles. The maximum Gasteiger partial charge on any atom is 0.262 e. The molecule has 0 aliphatic heterocycles. The van der Waals surface area contributed by atoms with Gasteiger partial charge >= 0.3 is 0 Å². The van der Waals surface area contributed by atoms with Gasteiger partial charge in [-0.1, -0.05) is 25.6 Å². The predicted octanol–water partition coefficient (Wildman–Crippen LogP) is 3.22. The summed E-state index contributed by atoms with van der Waals surface area (Å²) in [5.41, 5.74) is 1.23. The number of rotatable bonds is 7. The number of thiophene rings is 1. The molecule has 1 aliphatic carbocycles. The fourth-order valence-corrected chi connectivity index (χ4v) is 5.53.